The van der Waals surface area contributed by atoms with Crippen LogP contribution >= 0.6 is 0 Å². The Kier molecular flexibility index (Phi) is 2.09. The Morgan fingerprint density at radius 3 is 2.67 bits per heavy atom. The third kappa shape index (κ3) is 1.37. The highest BCUT2D eigenvalue weighted by molar-refractivity contribution is 5.79. The van der Waals surface area contributed by atoms with Crippen molar-refractivity contribution in [3.63, 3.8) is 0 Å². The smallest absolute Gasteiger partial charge is 0.224 e. The fraction of sp³-hybridized carbons (Fsp3) is 0.273. The Labute approximate surface area is 103 Å². The van der Waals surface area contributed by atoms with Crippen LogP contribution in [0.4, 0.5) is 5.95 Å². The van der Waals surface area contributed by atoms with E-state index in [9.17, 15) is 0 Å². The molecule has 7 nitrogen and oxygen atoms in total. The molecule has 0 aliphatic carbocycles. The van der Waals surface area contributed by atoms with Gasteiger partial charge in [0.1, 0.15) is 5.52 Å². The van der Waals surface area contributed by atoms with E-state index in [1.165, 1.54) is 0 Å². The Balaban J connectivity index is 2.37. The third-order valence-corrected chi connectivity index (χ3v) is 3.14. The highest BCUT2D eigenvalue weighted by atomic mass is 15.3. The van der Waals surface area contributed by atoms with E-state index in [2.05, 4.69) is 25.0 Å². The molecular weight excluding hydrogens is 230 g/mol. The molecule has 0 spiro atoms. The van der Waals surface area contributed by atoms with Gasteiger partial charge in [0.2, 0.25) is 5.95 Å². The van der Waals surface area contributed by atoms with E-state index >= 15 is 0 Å². The molecule has 3 rings (SSSR count). The fourth-order valence-electron chi connectivity index (χ4n) is 1.91. The molecule has 3 aromatic heterocycles. The van der Waals surface area contributed by atoms with E-state index < -0.39 is 0 Å². The first-order valence-electron chi connectivity index (χ1n) is 5.57. The number of nitrogens with two attached hydrogens (primary N) is 1. The summed E-state index contributed by atoms with van der Waals surface area (Å²) in [6.07, 6.45) is 1.57. The summed E-state index contributed by atoms with van der Waals surface area (Å²) < 4.78 is 1.77. The Morgan fingerprint density at radius 2 is 2.00 bits per heavy atom. The predicted octanol–water partition coefficient (Wildman–Crippen LogP) is 1.05. The van der Waals surface area contributed by atoms with Gasteiger partial charge in [-0.1, -0.05) is 0 Å². The second-order valence-corrected chi connectivity index (χ2v) is 4.21. The number of nitrogen functional groups attached to an aromatic ring is 1. The van der Waals surface area contributed by atoms with Gasteiger partial charge < -0.3 is 10.7 Å². The summed E-state index contributed by atoms with van der Waals surface area (Å²) in [5.74, 6) is 0.818. The van der Waals surface area contributed by atoms with Crippen LogP contribution in [0.5, 0.6) is 0 Å². The van der Waals surface area contributed by atoms with Crippen LogP contribution in [0.3, 0.4) is 0 Å². The predicted molar refractivity (Wildman–Crippen MR) is 67.4 cm³/mol. The molecule has 3 heterocycles. The number of nitrogens with one attached hydrogen (secondary N) is 1. The maximum Gasteiger partial charge on any atom is 0.224 e. The zero-order valence-corrected chi connectivity index (χ0v) is 10.4. The van der Waals surface area contributed by atoms with Gasteiger partial charge in [0.15, 0.2) is 11.5 Å². The van der Waals surface area contributed by atoms with E-state index in [0.29, 0.717) is 11.5 Å². The molecule has 0 aliphatic heterocycles. The van der Waals surface area contributed by atoms with E-state index in [1.54, 1.807) is 11.0 Å². The van der Waals surface area contributed by atoms with Crippen molar-refractivity contribution in [2.45, 2.75) is 20.8 Å². The lowest BCUT2D eigenvalue weighted by Crippen LogP contribution is -2.07. The second kappa shape index (κ2) is 3.52. The van der Waals surface area contributed by atoms with Gasteiger partial charge in [-0.2, -0.15) is 15.1 Å². The molecule has 0 unspecified atom stereocenters. The normalized spacial score (nSPS) is 11.3. The maximum absolute atomic E-state index is 5.70. The number of fused-ring (bicyclic) bond motifs is 1. The summed E-state index contributed by atoms with van der Waals surface area (Å²) in [6.45, 7) is 5.99. The Hall–Kier alpha value is -2.44. The van der Waals surface area contributed by atoms with Crippen LogP contribution in [0.1, 0.15) is 17.0 Å². The topological polar surface area (TPSA) is 98.3 Å². The lowest BCUT2D eigenvalue weighted by atomic mass is 10.2. The van der Waals surface area contributed by atoms with Gasteiger partial charge in [0, 0.05) is 5.69 Å². The Morgan fingerprint density at radius 1 is 1.22 bits per heavy atom. The maximum atomic E-state index is 5.70. The molecular formula is C11H13N7. The molecule has 0 atom stereocenters. The molecule has 7 heteroatoms. The third-order valence-electron chi connectivity index (χ3n) is 3.14. The standard InChI is InChI=1S/C11H13N7/c1-5-6(2)17-18(7(5)3)10-8-9(14-4-13-8)15-11(12)16-10/h4H,1-3H3,(H3,12,13,14,15,16). The van der Waals surface area contributed by atoms with Gasteiger partial charge >= 0.3 is 0 Å². The van der Waals surface area contributed by atoms with Crippen molar-refractivity contribution in [1.29, 1.82) is 0 Å². The summed E-state index contributed by atoms with van der Waals surface area (Å²) in [5, 5.41) is 4.47. The van der Waals surface area contributed by atoms with Gasteiger partial charge in [-0.3, -0.25) is 0 Å². The molecule has 0 radical (unpaired) electrons. The minimum atomic E-state index is 0.190. The summed E-state index contributed by atoms with van der Waals surface area (Å²) in [5.41, 5.74) is 10.1. The van der Waals surface area contributed by atoms with Crippen molar-refractivity contribution in [2.75, 3.05) is 5.73 Å². The average molecular weight is 243 g/mol. The largest absolute Gasteiger partial charge is 0.368 e. The number of imidazole rings is 1. The molecule has 0 amide bonds. The van der Waals surface area contributed by atoms with Crippen LogP contribution in [0, 0.1) is 20.8 Å². The number of rotatable bonds is 1. The molecule has 0 saturated carbocycles. The van der Waals surface area contributed by atoms with Gasteiger partial charge in [-0.05, 0) is 26.3 Å². The van der Waals surface area contributed by atoms with Crippen LogP contribution in [-0.2, 0) is 0 Å². The van der Waals surface area contributed by atoms with Crippen LogP contribution in [0.15, 0.2) is 6.33 Å². The summed E-state index contributed by atoms with van der Waals surface area (Å²) in [6, 6.07) is 0. The van der Waals surface area contributed by atoms with Gasteiger partial charge in [0.25, 0.3) is 0 Å². The highest BCUT2D eigenvalue weighted by Gasteiger charge is 2.15. The van der Waals surface area contributed by atoms with Crippen molar-refractivity contribution in [3.8, 4) is 5.82 Å². The van der Waals surface area contributed by atoms with Crippen LogP contribution in [-0.4, -0.2) is 29.7 Å². The molecule has 3 N–H and O–H groups in total. The number of aromatic nitrogens is 6. The van der Waals surface area contributed by atoms with Crippen LogP contribution in [0.2, 0.25) is 0 Å². The average Bonchev–Trinajstić information content (AvgIpc) is 2.88. The van der Waals surface area contributed by atoms with E-state index in [0.717, 1.165) is 22.5 Å². The Bertz CT molecular complexity index is 737. The summed E-state index contributed by atoms with van der Waals surface area (Å²) in [4.78, 5) is 15.4. The lowest BCUT2D eigenvalue weighted by Gasteiger charge is -2.05. The number of hydrogen-bond acceptors (Lipinski definition) is 5. The zero-order valence-electron chi connectivity index (χ0n) is 10.4. The minimum absolute atomic E-state index is 0.190. The first kappa shape index (κ1) is 10.7. The second-order valence-electron chi connectivity index (χ2n) is 4.21. The van der Waals surface area contributed by atoms with Crippen LogP contribution < -0.4 is 5.73 Å². The van der Waals surface area contributed by atoms with E-state index in [4.69, 9.17) is 5.73 Å². The van der Waals surface area contributed by atoms with Crippen molar-refractivity contribution in [1.82, 2.24) is 29.7 Å². The molecule has 0 fully saturated rings. The van der Waals surface area contributed by atoms with Crippen molar-refractivity contribution in [2.24, 2.45) is 0 Å². The molecule has 0 aromatic carbocycles. The lowest BCUT2D eigenvalue weighted by molar-refractivity contribution is 0.810. The molecule has 92 valence electrons. The zero-order chi connectivity index (χ0) is 12.9. The van der Waals surface area contributed by atoms with Crippen molar-refractivity contribution in [3.05, 3.63) is 23.3 Å². The quantitative estimate of drug-likeness (QED) is 0.665. The molecule has 0 aliphatic rings. The minimum Gasteiger partial charge on any atom is -0.368 e. The highest BCUT2D eigenvalue weighted by Crippen LogP contribution is 2.20. The number of aryl methyl sites for hydroxylation is 1. The summed E-state index contributed by atoms with van der Waals surface area (Å²) >= 11 is 0. The first-order valence-corrected chi connectivity index (χ1v) is 5.57. The number of hydrogen-bond donors (Lipinski definition) is 2. The number of anilines is 1. The van der Waals surface area contributed by atoms with Gasteiger partial charge in [-0.15, -0.1) is 0 Å². The molecule has 0 saturated heterocycles. The molecule has 18 heavy (non-hydrogen) atoms. The van der Waals surface area contributed by atoms with Gasteiger partial charge in [0.05, 0.1) is 12.0 Å². The number of nitrogens with zero attached hydrogens (tertiary/aromatic N) is 5. The van der Waals surface area contributed by atoms with Crippen molar-refractivity contribution >= 4 is 17.1 Å². The van der Waals surface area contributed by atoms with Crippen molar-refractivity contribution < 1.29 is 0 Å². The van der Waals surface area contributed by atoms with Crippen LogP contribution in [0.25, 0.3) is 17.0 Å². The monoisotopic (exact) mass is 243 g/mol. The SMILES string of the molecule is Cc1nn(-c2nc(N)nc3nc[nH]c23)c(C)c1C. The van der Waals surface area contributed by atoms with Gasteiger partial charge in [-0.25, -0.2) is 9.67 Å². The van der Waals surface area contributed by atoms with E-state index in [1.807, 2.05) is 20.8 Å². The number of H-pyrrole nitrogens is 1. The first-order chi connectivity index (χ1) is 8.58. The molecule has 0 bridgehead atoms. The summed E-state index contributed by atoms with van der Waals surface area (Å²) in [7, 11) is 0. The molecule has 3 aromatic rings. The fourth-order valence-corrected chi connectivity index (χ4v) is 1.91. The van der Waals surface area contributed by atoms with E-state index in [-0.39, 0.29) is 5.95 Å². The number of aromatic amines is 1.